The van der Waals surface area contributed by atoms with Crippen LogP contribution in [0.5, 0.6) is 0 Å². The number of benzene rings is 1. The van der Waals surface area contributed by atoms with Gasteiger partial charge in [0, 0.05) is 33.0 Å². The van der Waals surface area contributed by atoms with E-state index in [0.29, 0.717) is 18.7 Å². The van der Waals surface area contributed by atoms with Gasteiger partial charge in [-0.2, -0.15) is 0 Å². The molecule has 1 aromatic carbocycles. The Hall–Kier alpha value is -1.59. The molecule has 0 heterocycles. The summed E-state index contributed by atoms with van der Waals surface area (Å²) in [5.41, 5.74) is 2.61. The number of rotatable bonds is 8. The number of ether oxygens (including phenoxy) is 2. The zero-order chi connectivity index (χ0) is 15.0. The highest BCUT2D eigenvalue weighted by molar-refractivity contribution is 5.99. The van der Waals surface area contributed by atoms with Crippen LogP contribution in [0.3, 0.4) is 0 Å². The summed E-state index contributed by atoms with van der Waals surface area (Å²) < 4.78 is 10.2. The number of carbonyl (C=O) groups is 1. The lowest BCUT2D eigenvalue weighted by Crippen LogP contribution is -2.35. The summed E-state index contributed by atoms with van der Waals surface area (Å²) in [6, 6.07) is 5.74. The molecule has 0 spiro atoms. The second-order valence-electron chi connectivity index (χ2n) is 4.60. The molecule has 1 amide bonds. The molecular formula is C15H24N2O3. The van der Waals surface area contributed by atoms with Gasteiger partial charge in [-0.1, -0.05) is 6.07 Å². The van der Waals surface area contributed by atoms with E-state index < -0.39 is 0 Å². The van der Waals surface area contributed by atoms with Crippen molar-refractivity contribution in [1.29, 1.82) is 0 Å². The van der Waals surface area contributed by atoms with Gasteiger partial charge in [-0.15, -0.1) is 0 Å². The van der Waals surface area contributed by atoms with E-state index in [2.05, 4.69) is 10.6 Å². The summed E-state index contributed by atoms with van der Waals surface area (Å²) in [5, 5.41) is 6.08. The van der Waals surface area contributed by atoms with E-state index in [1.165, 1.54) is 0 Å². The fraction of sp³-hybridized carbons (Fsp3) is 0.533. The van der Waals surface area contributed by atoms with Gasteiger partial charge in [0.1, 0.15) is 0 Å². The van der Waals surface area contributed by atoms with Gasteiger partial charge in [-0.05, 0) is 31.5 Å². The Kier molecular flexibility index (Phi) is 7.04. The lowest BCUT2D eigenvalue weighted by molar-refractivity contribution is 0.0285. The minimum atomic E-state index is -0.142. The summed E-state index contributed by atoms with van der Waals surface area (Å²) >= 11 is 0. The van der Waals surface area contributed by atoms with Crippen LogP contribution < -0.4 is 10.6 Å². The van der Waals surface area contributed by atoms with Crippen molar-refractivity contribution in [2.45, 2.75) is 20.0 Å². The quantitative estimate of drug-likeness (QED) is 0.762. The van der Waals surface area contributed by atoms with Gasteiger partial charge in [-0.3, -0.25) is 4.79 Å². The van der Waals surface area contributed by atoms with E-state index in [1.54, 1.807) is 14.2 Å². The molecule has 20 heavy (non-hydrogen) atoms. The molecule has 0 aliphatic rings. The molecule has 0 saturated carbocycles. The molecule has 1 atom stereocenters. The number of nitrogens with one attached hydrogen (secondary N) is 2. The van der Waals surface area contributed by atoms with E-state index in [9.17, 15) is 4.79 Å². The van der Waals surface area contributed by atoms with E-state index in [-0.39, 0.29) is 12.0 Å². The average molecular weight is 280 g/mol. The first-order valence-corrected chi connectivity index (χ1v) is 6.76. The van der Waals surface area contributed by atoms with Crippen LogP contribution in [0.4, 0.5) is 5.69 Å². The Balaban J connectivity index is 2.71. The van der Waals surface area contributed by atoms with E-state index in [4.69, 9.17) is 9.47 Å². The smallest absolute Gasteiger partial charge is 0.253 e. The molecule has 1 rings (SSSR count). The Morgan fingerprint density at radius 3 is 2.70 bits per heavy atom. The number of aryl methyl sites for hydroxylation is 1. The fourth-order valence-corrected chi connectivity index (χ4v) is 1.89. The maximum atomic E-state index is 12.2. The summed E-state index contributed by atoms with van der Waals surface area (Å²) in [5.74, 6) is -0.112. The van der Waals surface area contributed by atoms with E-state index in [1.807, 2.05) is 32.0 Å². The number of hydrogen-bond donors (Lipinski definition) is 2. The molecule has 5 heteroatoms. The van der Waals surface area contributed by atoms with Crippen LogP contribution in [0.2, 0.25) is 0 Å². The second kappa shape index (κ2) is 8.55. The number of carbonyl (C=O) groups excluding carboxylic acids is 1. The van der Waals surface area contributed by atoms with Crippen molar-refractivity contribution in [3.63, 3.8) is 0 Å². The van der Waals surface area contributed by atoms with Gasteiger partial charge >= 0.3 is 0 Å². The van der Waals surface area contributed by atoms with Crippen molar-refractivity contribution in [2.75, 3.05) is 39.2 Å². The first-order chi connectivity index (χ1) is 9.62. The number of anilines is 1. The van der Waals surface area contributed by atoms with Crippen molar-refractivity contribution in [3.8, 4) is 0 Å². The first-order valence-electron chi connectivity index (χ1n) is 6.76. The summed E-state index contributed by atoms with van der Waals surface area (Å²) in [7, 11) is 3.21. The maximum absolute atomic E-state index is 12.2. The average Bonchev–Trinajstić information content (AvgIpc) is 2.43. The summed E-state index contributed by atoms with van der Waals surface area (Å²) in [4.78, 5) is 12.2. The molecule has 0 fully saturated rings. The Bertz CT molecular complexity index is 435. The standard InChI is InChI=1S/C15H24N2O3/c1-5-16-14-8-11(2)6-7-13(14)15(18)17-9-12(20-4)10-19-3/h6-8,12,16H,5,9-10H2,1-4H3,(H,17,18). The molecule has 0 saturated heterocycles. The fourth-order valence-electron chi connectivity index (χ4n) is 1.89. The molecule has 2 N–H and O–H groups in total. The normalized spacial score (nSPS) is 12.0. The van der Waals surface area contributed by atoms with Crippen LogP contribution in [0, 0.1) is 6.92 Å². The van der Waals surface area contributed by atoms with Crippen LogP contribution >= 0.6 is 0 Å². The molecule has 1 aromatic rings. The predicted molar refractivity (Wildman–Crippen MR) is 80.3 cm³/mol. The topological polar surface area (TPSA) is 59.6 Å². The zero-order valence-electron chi connectivity index (χ0n) is 12.7. The van der Waals surface area contributed by atoms with E-state index in [0.717, 1.165) is 17.8 Å². The van der Waals surface area contributed by atoms with Crippen molar-refractivity contribution >= 4 is 11.6 Å². The third-order valence-electron chi connectivity index (χ3n) is 2.96. The second-order valence-corrected chi connectivity index (χ2v) is 4.60. The van der Waals surface area contributed by atoms with Crippen LogP contribution in [0.25, 0.3) is 0 Å². The van der Waals surface area contributed by atoms with Gasteiger partial charge in [0.05, 0.1) is 18.3 Å². The lowest BCUT2D eigenvalue weighted by Gasteiger charge is -2.16. The predicted octanol–water partition coefficient (Wildman–Crippen LogP) is 1.82. The molecule has 0 aromatic heterocycles. The molecule has 112 valence electrons. The largest absolute Gasteiger partial charge is 0.385 e. The van der Waals surface area contributed by atoms with Crippen LogP contribution in [0.1, 0.15) is 22.8 Å². The lowest BCUT2D eigenvalue weighted by atomic mass is 10.1. The SMILES string of the molecule is CCNc1cc(C)ccc1C(=O)NCC(COC)OC. The maximum Gasteiger partial charge on any atom is 0.253 e. The molecule has 1 unspecified atom stereocenters. The third-order valence-corrected chi connectivity index (χ3v) is 2.96. The molecular weight excluding hydrogens is 256 g/mol. The highest BCUT2D eigenvalue weighted by Crippen LogP contribution is 2.17. The van der Waals surface area contributed by atoms with Gasteiger partial charge in [0.15, 0.2) is 0 Å². The van der Waals surface area contributed by atoms with Gasteiger partial charge in [-0.25, -0.2) is 0 Å². The highest BCUT2D eigenvalue weighted by atomic mass is 16.5. The van der Waals surface area contributed by atoms with E-state index >= 15 is 0 Å². The molecule has 0 aliphatic heterocycles. The first kappa shape index (κ1) is 16.5. The number of methoxy groups -OCH3 is 2. The third kappa shape index (κ3) is 4.83. The van der Waals surface area contributed by atoms with Crippen molar-refractivity contribution < 1.29 is 14.3 Å². The zero-order valence-corrected chi connectivity index (χ0v) is 12.7. The molecule has 0 radical (unpaired) electrons. The number of hydrogen-bond acceptors (Lipinski definition) is 4. The van der Waals surface area contributed by atoms with Crippen molar-refractivity contribution in [2.24, 2.45) is 0 Å². The van der Waals surface area contributed by atoms with Gasteiger partial charge < -0.3 is 20.1 Å². The minimum absolute atomic E-state index is 0.112. The van der Waals surface area contributed by atoms with Crippen molar-refractivity contribution in [3.05, 3.63) is 29.3 Å². The monoisotopic (exact) mass is 280 g/mol. The van der Waals surface area contributed by atoms with Crippen LogP contribution in [-0.4, -0.2) is 45.9 Å². The van der Waals surface area contributed by atoms with Crippen LogP contribution in [-0.2, 0) is 9.47 Å². The Morgan fingerprint density at radius 1 is 1.35 bits per heavy atom. The van der Waals surface area contributed by atoms with Gasteiger partial charge in [0.2, 0.25) is 0 Å². The molecule has 0 aliphatic carbocycles. The highest BCUT2D eigenvalue weighted by Gasteiger charge is 2.13. The molecule has 5 nitrogen and oxygen atoms in total. The van der Waals surface area contributed by atoms with Gasteiger partial charge in [0.25, 0.3) is 5.91 Å². The summed E-state index contributed by atoms with van der Waals surface area (Å²) in [6.45, 7) is 5.65. The number of amides is 1. The summed E-state index contributed by atoms with van der Waals surface area (Å²) in [6.07, 6.45) is -0.142. The minimum Gasteiger partial charge on any atom is -0.385 e. The Labute approximate surface area is 120 Å². The molecule has 0 bridgehead atoms. The van der Waals surface area contributed by atoms with Crippen LogP contribution in [0.15, 0.2) is 18.2 Å². The Morgan fingerprint density at radius 2 is 2.10 bits per heavy atom. The van der Waals surface area contributed by atoms with Crippen molar-refractivity contribution in [1.82, 2.24) is 5.32 Å².